The van der Waals surface area contributed by atoms with Crippen LogP contribution >= 0.6 is 0 Å². The molecule has 4 rings (SSSR count). The molecule has 1 saturated heterocycles. The monoisotopic (exact) mass is 392 g/mol. The molecule has 1 fully saturated rings. The number of piperazine rings is 1. The number of benzene rings is 1. The standard InChI is InChI=1S/C21H20N4O4/c1-14-13-23(20(27)15-6-3-2-4-7-15)10-11-24(14)21(28)18(26)17-12-22-19-16(17)8-5-9-25(19)29/h2-9,12,14,22H,10-11,13H2,1H3/t14-/m1/s1. The Kier molecular flexibility index (Phi) is 4.75. The first kappa shape index (κ1) is 18.7. The summed E-state index contributed by atoms with van der Waals surface area (Å²) in [6.45, 7) is 2.79. The maximum absolute atomic E-state index is 12.9. The molecule has 1 atom stereocenters. The highest BCUT2D eigenvalue weighted by Gasteiger charge is 2.34. The molecule has 0 saturated carbocycles. The number of aromatic nitrogens is 2. The molecule has 3 heterocycles. The second-order valence-corrected chi connectivity index (χ2v) is 7.09. The highest BCUT2D eigenvalue weighted by atomic mass is 16.5. The van der Waals surface area contributed by atoms with Crippen molar-refractivity contribution in [3.63, 3.8) is 0 Å². The normalized spacial score (nSPS) is 16.8. The fraction of sp³-hybridized carbons (Fsp3) is 0.238. The quantitative estimate of drug-likeness (QED) is 0.315. The van der Waals surface area contributed by atoms with Crippen molar-refractivity contribution in [2.45, 2.75) is 13.0 Å². The lowest BCUT2D eigenvalue weighted by Crippen LogP contribution is -2.56. The van der Waals surface area contributed by atoms with E-state index in [1.807, 2.05) is 25.1 Å². The van der Waals surface area contributed by atoms with Gasteiger partial charge in [0.2, 0.25) is 0 Å². The number of carbonyl (C=O) groups excluding carboxylic acids is 3. The van der Waals surface area contributed by atoms with Crippen molar-refractivity contribution in [3.05, 3.63) is 71.2 Å². The van der Waals surface area contributed by atoms with Crippen molar-refractivity contribution in [1.29, 1.82) is 0 Å². The zero-order valence-corrected chi connectivity index (χ0v) is 15.9. The summed E-state index contributed by atoms with van der Waals surface area (Å²) in [7, 11) is 0. The zero-order chi connectivity index (χ0) is 20.5. The lowest BCUT2D eigenvalue weighted by atomic mass is 10.1. The highest BCUT2D eigenvalue weighted by molar-refractivity contribution is 6.44. The van der Waals surface area contributed by atoms with Gasteiger partial charge < -0.3 is 15.0 Å². The molecule has 0 radical (unpaired) electrons. The van der Waals surface area contributed by atoms with Crippen LogP contribution in [0.5, 0.6) is 0 Å². The van der Waals surface area contributed by atoms with Crippen LogP contribution in [-0.4, -0.2) is 58.1 Å². The van der Waals surface area contributed by atoms with Crippen molar-refractivity contribution >= 4 is 28.6 Å². The Labute approximate surface area is 166 Å². The van der Waals surface area contributed by atoms with Crippen LogP contribution in [-0.2, 0) is 4.79 Å². The molecule has 148 valence electrons. The molecule has 1 aromatic carbocycles. The summed E-state index contributed by atoms with van der Waals surface area (Å²) in [6, 6.07) is 11.8. The largest absolute Gasteiger partial charge is 0.711 e. The van der Waals surface area contributed by atoms with E-state index in [0.717, 1.165) is 0 Å². The van der Waals surface area contributed by atoms with Gasteiger partial charge in [0.15, 0.2) is 0 Å². The molecule has 29 heavy (non-hydrogen) atoms. The van der Waals surface area contributed by atoms with Crippen LogP contribution in [0.3, 0.4) is 0 Å². The van der Waals surface area contributed by atoms with Gasteiger partial charge in [-0.15, -0.1) is 0 Å². The van der Waals surface area contributed by atoms with Crippen LogP contribution in [0.15, 0.2) is 54.9 Å². The van der Waals surface area contributed by atoms with Crippen LogP contribution < -0.4 is 4.73 Å². The number of carbonyl (C=O) groups is 3. The fourth-order valence-electron chi connectivity index (χ4n) is 3.71. The van der Waals surface area contributed by atoms with Crippen LogP contribution in [0.4, 0.5) is 0 Å². The third-order valence-electron chi connectivity index (χ3n) is 5.24. The van der Waals surface area contributed by atoms with Gasteiger partial charge >= 0.3 is 0 Å². The molecule has 0 unspecified atom stereocenters. The molecule has 3 aromatic rings. The lowest BCUT2D eigenvalue weighted by Gasteiger charge is -2.39. The smallest absolute Gasteiger partial charge is 0.295 e. The number of H-pyrrole nitrogens is 1. The first-order chi connectivity index (χ1) is 14.0. The minimum Gasteiger partial charge on any atom is -0.711 e. The molecule has 1 N–H and O–H groups in total. The van der Waals surface area contributed by atoms with Gasteiger partial charge in [0.25, 0.3) is 23.2 Å². The molecule has 2 aromatic heterocycles. The number of ketones is 1. The summed E-state index contributed by atoms with van der Waals surface area (Å²) in [4.78, 5) is 44.2. The highest BCUT2D eigenvalue weighted by Crippen LogP contribution is 2.19. The Morgan fingerprint density at radius 3 is 2.59 bits per heavy atom. The van der Waals surface area contributed by atoms with Crippen LogP contribution in [0.1, 0.15) is 27.6 Å². The van der Waals surface area contributed by atoms with Gasteiger partial charge in [-0.2, -0.15) is 0 Å². The van der Waals surface area contributed by atoms with Gasteiger partial charge in [0, 0.05) is 31.2 Å². The van der Waals surface area contributed by atoms with E-state index in [2.05, 4.69) is 4.98 Å². The van der Waals surface area contributed by atoms with Crippen molar-refractivity contribution in [1.82, 2.24) is 14.8 Å². The number of rotatable bonds is 3. The minimum atomic E-state index is -0.669. The SMILES string of the molecule is C[C@@H]1CN(C(=O)c2ccccc2)CCN1C(=O)C(=O)c1c[nH]c2c1ccc[n+]2[O-]. The summed E-state index contributed by atoms with van der Waals surface area (Å²) >= 11 is 0. The molecule has 8 nitrogen and oxygen atoms in total. The van der Waals surface area contributed by atoms with Gasteiger partial charge in [-0.1, -0.05) is 18.2 Å². The number of fused-ring (bicyclic) bond motifs is 1. The Bertz CT molecular complexity index is 1090. The number of aromatic amines is 1. The average molecular weight is 392 g/mol. The molecule has 0 bridgehead atoms. The summed E-state index contributed by atoms with van der Waals surface area (Å²) in [5.74, 6) is -1.39. The van der Waals surface area contributed by atoms with E-state index in [1.165, 1.54) is 23.4 Å². The van der Waals surface area contributed by atoms with E-state index in [9.17, 15) is 19.6 Å². The Hall–Kier alpha value is -3.68. The van der Waals surface area contributed by atoms with Gasteiger partial charge in [0.1, 0.15) is 6.20 Å². The van der Waals surface area contributed by atoms with Gasteiger partial charge in [-0.3, -0.25) is 14.4 Å². The lowest BCUT2D eigenvalue weighted by molar-refractivity contribution is -0.579. The number of hydrogen-bond donors (Lipinski definition) is 1. The third kappa shape index (κ3) is 3.33. The van der Waals surface area contributed by atoms with Gasteiger partial charge in [0.05, 0.1) is 17.1 Å². The van der Waals surface area contributed by atoms with E-state index in [0.29, 0.717) is 28.8 Å². The van der Waals surface area contributed by atoms with Gasteiger partial charge in [-0.25, -0.2) is 9.71 Å². The van der Waals surface area contributed by atoms with Crippen molar-refractivity contribution < 1.29 is 19.1 Å². The van der Waals surface area contributed by atoms with Crippen molar-refractivity contribution in [3.8, 4) is 0 Å². The summed E-state index contributed by atoms with van der Waals surface area (Å²) in [6.07, 6.45) is 2.71. The Balaban J connectivity index is 1.49. The molecular weight excluding hydrogens is 372 g/mol. The second kappa shape index (κ2) is 7.38. The molecule has 1 aliphatic heterocycles. The molecule has 0 spiro atoms. The first-order valence-corrected chi connectivity index (χ1v) is 9.36. The van der Waals surface area contributed by atoms with E-state index in [1.54, 1.807) is 23.1 Å². The number of nitrogens with one attached hydrogen (secondary N) is 1. The average Bonchev–Trinajstić information content (AvgIpc) is 3.18. The molecular formula is C21H20N4O4. The maximum atomic E-state index is 12.9. The number of amides is 2. The number of Topliss-reactive ketones (excluding diaryl/α,β-unsaturated/α-hetero) is 1. The Morgan fingerprint density at radius 2 is 1.86 bits per heavy atom. The van der Waals surface area contributed by atoms with Crippen LogP contribution in [0, 0.1) is 5.21 Å². The van der Waals surface area contributed by atoms with Crippen LogP contribution in [0.25, 0.3) is 11.0 Å². The van der Waals surface area contributed by atoms with Crippen molar-refractivity contribution in [2.24, 2.45) is 0 Å². The Morgan fingerprint density at radius 1 is 1.10 bits per heavy atom. The fourth-order valence-corrected chi connectivity index (χ4v) is 3.71. The molecule has 2 amide bonds. The number of hydrogen-bond acceptors (Lipinski definition) is 4. The minimum absolute atomic E-state index is 0.0903. The van der Waals surface area contributed by atoms with Crippen LogP contribution in [0.2, 0.25) is 0 Å². The second-order valence-electron chi connectivity index (χ2n) is 7.09. The predicted octanol–water partition coefficient (Wildman–Crippen LogP) is 1.36. The zero-order valence-electron chi connectivity index (χ0n) is 15.9. The van der Waals surface area contributed by atoms with Crippen molar-refractivity contribution in [2.75, 3.05) is 19.6 Å². The molecule has 8 heteroatoms. The van der Waals surface area contributed by atoms with E-state index >= 15 is 0 Å². The molecule has 0 aliphatic carbocycles. The van der Waals surface area contributed by atoms with Gasteiger partial charge in [-0.05, 0) is 31.2 Å². The molecule has 1 aliphatic rings. The third-order valence-corrected chi connectivity index (χ3v) is 5.24. The summed E-state index contributed by atoms with van der Waals surface area (Å²) < 4.78 is 0.618. The maximum Gasteiger partial charge on any atom is 0.295 e. The van der Waals surface area contributed by atoms with E-state index < -0.39 is 11.7 Å². The number of nitrogens with zero attached hydrogens (tertiary/aromatic N) is 3. The van der Waals surface area contributed by atoms with E-state index in [-0.39, 0.29) is 29.7 Å². The summed E-state index contributed by atoms with van der Waals surface area (Å²) in [5, 5.41) is 12.2. The van der Waals surface area contributed by atoms with E-state index in [4.69, 9.17) is 0 Å². The summed E-state index contributed by atoms with van der Waals surface area (Å²) in [5.41, 5.74) is 1.00. The topological polar surface area (TPSA) is 100 Å². The first-order valence-electron chi connectivity index (χ1n) is 9.36. The number of pyridine rings is 1. The predicted molar refractivity (Wildman–Crippen MR) is 105 cm³/mol.